The largest absolute Gasteiger partial charge is 0.308 e. The van der Waals surface area contributed by atoms with Crippen LogP contribution in [0.2, 0.25) is 0 Å². The third-order valence-corrected chi connectivity index (χ3v) is 2.12. The second-order valence-electron chi connectivity index (χ2n) is 3.12. The van der Waals surface area contributed by atoms with Crippen LogP contribution in [0.5, 0.6) is 0 Å². The fourth-order valence-corrected chi connectivity index (χ4v) is 1.36. The first-order chi connectivity index (χ1) is 7.85. The summed E-state index contributed by atoms with van der Waals surface area (Å²) >= 11 is 0. The molecule has 1 aromatic heterocycles. The van der Waals surface area contributed by atoms with Crippen molar-refractivity contribution in [3.8, 4) is 0 Å². The van der Waals surface area contributed by atoms with E-state index in [-0.39, 0.29) is 0 Å². The normalized spacial score (nSPS) is 11.4. The van der Waals surface area contributed by atoms with Crippen LogP contribution in [-0.2, 0) is 0 Å². The Morgan fingerprint density at radius 1 is 1.31 bits per heavy atom. The van der Waals surface area contributed by atoms with E-state index in [0.717, 1.165) is 17.2 Å². The number of fused-ring (bicyclic) bond motifs is 1. The molecule has 0 unspecified atom stereocenters. The monoisotopic (exact) mass is 214 g/mol. The van der Waals surface area contributed by atoms with Gasteiger partial charge in [0.25, 0.3) is 0 Å². The number of nitrogens with one attached hydrogen (secondary N) is 2. The molecule has 5 nitrogen and oxygen atoms in total. The second kappa shape index (κ2) is 4.50. The summed E-state index contributed by atoms with van der Waals surface area (Å²) in [7, 11) is 0. The first-order valence-electron chi connectivity index (χ1n) is 4.67. The predicted octanol–water partition coefficient (Wildman–Crippen LogP) is 1.60. The van der Waals surface area contributed by atoms with Crippen molar-refractivity contribution in [3.05, 3.63) is 42.4 Å². The molecule has 0 spiro atoms. The zero-order chi connectivity index (χ0) is 11.4. The van der Waals surface area contributed by atoms with Crippen molar-refractivity contribution in [2.45, 2.75) is 0 Å². The number of hydrogen-bond acceptors (Lipinski definition) is 5. The number of rotatable bonds is 3. The first kappa shape index (κ1) is 10.3. The van der Waals surface area contributed by atoms with E-state index in [1.165, 1.54) is 6.20 Å². The number of allylic oxidation sites excluding steroid dienone is 1. The zero-order valence-corrected chi connectivity index (χ0v) is 8.38. The number of nitrogens with zero attached hydrogens (tertiary/aromatic N) is 2. The minimum Gasteiger partial charge on any atom is -0.308 e. The quantitative estimate of drug-likeness (QED) is 0.535. The van der Waals surface area contributed by atoms with Crippen LogP contribution in [-0.4, -0.2) is 21.4 Å². The van der Waals surface area contributed by atoms with Gasteiger partial charge in [0.2, 0.25) is 0 Å². The molecule has 0 amide bonds. The molecule has 2 rings (SSSR count). The average molecular weight is 214 g/mol. The SMILES string of the molecule is N=C/C(=C\NO)c1cnc2ccccc2n1. The Labute approximate surface area is 91.9 Å². The van der Waals surface area contributed by atoms with E-state index in [1.54, 1.807) is 6.20 Å². The average Bonchev–Trinajstić information content (AvgIpc) is 2.35. The lowest BCUT2D eigenvalue weighted by atomic mass is 10.2. The molecule has 0 aliphatic heterocycles. The van der Waals surface area contributed by atoms with Gasteiger partial charge in [-0.2, -0.15) is 0 Å². The summed E-state index contributed by atoms with van der Waals surface area (Å²) in [4.78, 5) is 8.55. The second-order valence-corrected chi connectivity index (χ2v) is 3.12. The van der Waals surface area contributed by atoms with Gasteiger partial charge in [0.05, 0.1) is 22.9 Å². The molecular weight excluding hydrogens is 204 g/mol. The molecule has 0 saturated heterocycles. The van der Waals surface area contributed by atoms with Crippen molar-refractivity contribution >= 4 is 22.8 Å². The van der Waals surface area contributed by atoms with Crippen molar-refractivity contribution in [1.29, 1.82) is 5.41 Å². The maximum absolute atomic E-state index is 8.56. The standard InChI is InChI=1S/C11H10N4O/c12-5-8(6-14-16)11-7-13-9-3-1-2-4-10(9)15-11/h1-7,12,14,16H/b8-6+,12-5?. The molecule has 1 heterocycles. The summed E-state index contributed by atoms with van der Waals surface area (Å²) in [5.41, 5.74) is 4.43. The Balaban J connectivity index is 2.54. The predicted molar refractivity (Wildman–Crippen MR) is 61.2 cm³/mol. The van der Waals surface area contributed by atoms with E-state index in [1.807, 2.05) is 29.7 Å². The van der Waals surface area contributed by atoms with E-state index in [0.29, 0.717) is 11.3 Å². The maximum atomic E-state index is 8.56. The van der Waals surface area contributed by atoms with Crippen LogP contribution in [0.15, 0.2) is 36.7 Å². The molecule has 2 aromatic rings. The minimum atomic E-state index is 0.459. The van der Waals surface area contributed by atoms with Gasteiger partial charge in [-0.15, -0.1) is 0 Å². The van der Waals surface area contributed by atoms with Crippen LogP contribution < -0.4 is 5.48 Å². The van der Waals surface area contributed by atoms with Gasteiger partial charge in [-0.1, -0.05) is 12.1 Å². The smallest absolute Gasteiger partial charge is 0.0923 e. The molecule has 0 radical (unpaired) electrons. The van der Waals surface area contributed by atoms with Gasteiger partial charge in [-0.25, -0.2) is 4.98 Å². The van der Waals surface area contributed by atoms with Gasteiger partial charge in [0.15, 0.2) is 0 Å². The Morgan fingerprint density at radius 2 is 2.06 bits per heavy atom. The summed E-state index contributed by atoms with van der Waals surface area (Å²) in [6, 6.07) is 7.47. The van der Waals surface area contributed by atoms with Gasteiger partial charge in [-0.3, -0.25) is 15.7 Å². The number of hydrogen-bond donors (Lipinski definition) is 3. The summed E-state index contributed by atoms with van der Waals surface area (Å²) in [6.07, 6.45) is 3.95. The Hall–Kier alpha value is -2.27. The van der Waals surface area contributed by atoms with E-state index in [4.69, 9.17) is 10.6 Å². The van der Waals surface area contributed by atoms with E-state index in [9.17, 15) is 0 Å². The highest BCUT2D eigenvalue weighted by Crippen LogP contribution is 2.13. The summed E-state index contributed by atoms with van der Waals surface area (Å²) in [5.74, 6) is 0. The van der Waals surface area contributed by atoms with Crippen LogP contribution in [0.25, 0.3) is 16.6 Å². The maximum Gasteiger partial charge on any atom is 0.0923 e. The van der Waals surface area contributed by atoms with Gasteiger partial charge in [-0.05, 0) is 12.1 Å². The Bertz CT molecular complexity index is 550. The van der Waals surface area contributed by atoms with Crippen LogP contribution in [0.1, 0.15) is 5.69 Å². The lowest BCUT2D eigenvalue weighted by molar-refractivity contribution is 0.215. The van der Waals surface area contributed by atoms with E-state index < -0.39 is 0 Å². The van der Waals surface area contributed by atoms with Gasteiger partial charge < -0.3 is 5.41 Å². The molecule has 80 valence electrons. The van der Waals surface area contributed by atoms with Crippen LogP contribution in [0, 0.1) is 5.41 Å². The third kappa shape index (κ3) is 1.89. The number of hydroxylamine groups is 1. The first-order valence-corrected chi connectivity index (χ1v) is 4.67. The molecule has 3 N–H and O–H groups in total. The number of aromatic nitrogens is 2. The molecule has 0 atom stereocenters. The molecule has 0 aliphatic rings. The van der Waals surface area contributed by atoms with Crippen molar-refractivity contribution in [2.24, 2.45) is 0 Å². The summed E-state index contributed by atoms with van der Waals surface area (Å²) in [5, 5.41) is 15.8. The molecule has 0 aliphatic carbocycles. The van der Waals surface area contributed by atoms with E-state index in [2.05, 4.69) is 9.97 Å². The lowest BCUT2D eigenvalue weighted by Gasteiger charge is -2.02. The van der Waals surface area contributed by atoms with Crippen molar-refractivity contribution < 1.29 is 5.21 Å². The highest BCUT2D eigenvalue weighted by Gasteiger charge is 2.02. The highest BCUT2D eigenvalue weighted by atomic mass is 16.5. The lowest BCUT2D eigenvalue weighted by Crippen LogP contribution is -2.00. The third-order valence-electron chi connectivity index (χ3n) is 2.12. The molecule has 5 heteroatoms. The molecular formula is C11H10N4O. The van der Waals surface area contributed by atoms with Crippen molar-refractivity contribution in [1.82, 2.24) is 15.4 Å². The number of para-hydroxylation sites is 2. The highest BCUT2D eigenvalue weighted by molar-refractivity contribution is 6.07. The fourth-order valence-electron chi connectivity index (χ4n) is 1.36. The van der Waals surface area contributed by atoms with Gasteiger partial charge in [0, 0.05) is 18.0 Å². The molecule has 16 heavy (non-hydrogen) atoms. The van der Waals surface area contributed by atoms with Gasteiger partial charge >= 0.3 is 0 Å². The molecule has 0 bridgehead atoms. The van der Waals surface area contributed by atoms with Crippen LogP contribution >= 0.6 is 0 Å². The van der Waals surface area contributed by atoms with Crippen molar-refractivity contribution in [2.75, 3.05) is 0 Å². The topological polar surface area (TPSA) is 81.9 Å². The molecule has 0 fully saturated rings. The summed E-state index contributed by atoms with van der Waals surface area (Å²) < 4.78 is 0. The zero-order valence-electron chi connectivity index (χ0n) is 8.38. The molecule has 1 aromatic carbocycles. The van der Waals surface area contributed by atoms with Crippen molar-refractivity contribution in [3.63, 3.8) is 0 Å². The van der Waals surface area contributed by atoms with E-state index >= 15 is 0 Å². The Morgan fingerprint density at radius 3 is 2.75 bits per heavy atom. The fraction of sp³-hybridized carbons (Fsp3) is 0. The summed E-state index contributed by atoms with van der Waals surface area (Å²) in [6.45, 7) is 0. The van der Waals surface area contributed by atoms with Gasteiger partial charge in [0.1, 0.15) is 0 Å². The number of benzene rings is 1. The van der Waals surface area contributed by atoms with Crippen LogP contribution in [0.3, 0.4) is 0 Å². The Kier molecular flexibility index (Phi) is 2.88. The minimum absolute atomic E-state index is 0.459. The molecule has 0 saturated carbocycles. The van der Waals surface area contributed by atoms with Crippen LogP contribution in [0.4, 0.5) is 0 Å².